The predicted octanol–water partition coefficient (Wildman–Crippen LogP) is 3.10. The van der Waals surface area contributed by atoms with Gasteiger partial charge in [0.2, 0.25) is 11.7 Å². The first-order valence-electron chi connectivity index (χ1n) is 5.51. The Balaban J connectivity index is 2.36. The summed E-state index contributed by atoms with van der Waals surface area (Å²) in [7, 11) is 0. The Morgan fingerprint density at radius 3 is 2.75 bits per heavy atom. The maximum absolute atomic E-state index is 13.5. The van der Waals surface area contributed by atoms with Crippen molar-refractivity contribution < 1.29 is 14.1 Å². The fourth-order valence-electron chi connectivity index (χ4n) is 1.51. The number of aromatic nitrogens is 1. The molecule has 7 heteroatoms. The van der Waals surface area contributed by atoms with E-state index in [1.54, 1.807) is 13.0 Å². The van der Waals surface area contributed by atoms with Crippen molar-refractivity contribution in [2.45, 2.75) is 6.92 Å². The van der Waals surface area contributed by atoms with Crippen LogP contribution in [-0.2, 0) is 0 Å². The summed E-state index contributed by atoms with van der Waals surface area (Å²) in [6, 6.07) is 8.18. The summed E-state index contributed by atoms with van der Waals surface area (Å²) in [4.78, 5) is 13.7. The molecule has 0 N–H and O–H groups in total. The van der Waals surface area contributed by atoms with Crippen LogP contribution in [0.4, 0.5) is 10.1 Å². The molecule has 2 rings (SSSR count). The summed E-state index contributed by atoms with van der Waals surface area (Å²) in [5.41, 5.74) is 0.172. The van der Waals surface area contributed by atoms with Gasteiger partial charge in [0.05, 0.1) is 4.92 Å². The van der Waals surface area contributed by atoms with Crippen LogP contribution in [0.5, 0.6) is 11.6 Å². The van der Waals surface area contributed by atoms with E-state index in [0.29, 0.717) is 5.69 Å². The molecule has 0 atom stereocenters. The SMILES string of the molecule is Cc1ccc(C#N)c(Oc2ccc([N+](=O)[O-])c(F)c2)n1. The fourth-order valence-corrected chi connectivity index (χ4v) is 1.51. The largest absolute Gasteiger partial charge is 0.438 e. The molecule has 1 aromatic carbocycles. The second-order valence-corrected chi connectivity index (χ2v) is 3.89. The maximum Gasteiger partial charge on any atom is 0.305 e. The van der Waals surface area contributed by atoms with Gasteiger partial charge in [0.15, 0.2) is 0 Å². The Labute approximate surface area is 113 Å². The molecule has 0 radical (unpaired) electrons. The molecule has 0 aliphatic rings. The van der Waals surface area contributed by atoms with Crippen molar-refractivity contribution in [2.24, 2.45) is 0 Å². The Hall–Kier alpha value is -3.01. The normalized spacial score (nSPS) is 9.85. The first-order chi connectivity index (χ1) is 9.51. The molecule has 0 unspecified atom stereocenters. The monoisotopic (exact) mass is 273 g/mol. The third-order valence-corrected chi connectivity index (χ3v) is 2.45. The highest BCUT2D eigenvalue weighted by Gasteiger charge is 2.15. The number of pyridine rings is 1. The van der Waals surface area contributed by atoms with E-state index in [2.05, 4.69) is 4.98 Å². The number of nitro groups is 1. The summed E-state index contributed by atoms with van der Waals surface area (Å²) >= 11 is 0. The van der Waals surface area contributed by atoms with Crippen LogP contribution in [0.15, 0.2) is 30.3 Å². The molecule has 0 aliphatic carbocycles. The Bertz CT molecular complexity index is 725. The van der Waals surface area contributed by atoms with Gasteiger partial charge in [0.1, 0.15) is 17.4 Å². The molecule has 0 amide bonds. The number of aryl methyl sites for hydroxylation is 1. The van der Waals surface area contributed by atoms with E-state index in [4.69, 9.17) is 10.00 Å². The van der Waals surface area contributed by atoms with Crippen molar-refractivity contribution in [3.63, 3.8) is 0 Å². The lowest BCUT2D eigenvalue weighted by Gasteiger charge is -2.07. The van der Waals surface area contributed by atoms with Gasteiger partial charge >= 0.3 is 5.69 Å². The van der Waals surface area contributed by atoms with Gasteiger partial charge in [-0.25, -0.2) is 4.98 Å². The van der Waals surface area contributed by atoms with Crippen molar-refractivity contribution in [1.82, 2.24) is 4.98 Å². The highest BCUT2D eigenvalue weighted by molar-refractivity contribution is 5.43. The van der Waals surface area contributed by atoms with Crippen LogP contribution in [0.1, 0.15) is 11.3 Å². The average Bonchev–Trinajstić information content (AvgIpc) is 2.38. The number of nitro benzene ring substituents is 1. The van der Waals surface area contributed by atoms with Crippen LogP contribution in [0.25, 0.3) is 0 Å². The molecule has 2 aromatic rings. The summed E-state index contributed by atoms with van der Waals surface area (Å²) < 4.78 is 18.8. The standard InChI is InChI=1S/C13H8FN3O3/c1-8-2-3-9(7-15)13(16-8)20-10-4-5-12(17(18)19)11(14)6-10/h2-6H,1H3. The van der Waals surface area contributed by atoms with Crippen LogP contribution < -0.4 is 4.74 Å². The van der Waals surface area contributed by atoms with Crippen molar-refractivity contribution in [1.29, 1.82) is 5.26 Å². The number of ether oxygens (including phenoxy) is 1. The van der Waals surface area contributed by atoms with Gasteiger partial charge in [0.25, 0.3) is 0 Å². The third-order valence-electron chi connectivity index (χ3n) is 2.45. The van der Waals surface area contributed by atoms with E-state index in [-0.39, 0.29) is 17.2 Å². The lowest BCUT2D eigenvalue weighted by atomic mass is 10.2. The summed E-state index contributed by atoms with van der Waals surface area (Å²) in [5, 5.41) is 19.4. The minimum absolute atomic E-state index is 0.0285. The van der Waals surface area contributed by atoms with E-state index in [0.717, 1.165) is 12.1 Å². The van der Waals surface area contributed by atoms with Crippen molar-refractivity contribution >= 4 is 5.69 Å². The molecule has 0 aliphatic heterocycles. The zero-order valence-electron chi connectivity index (χ0n) is 10.3. The van der Waals surface area contributed by atoms with Gasteiger partial charge in [-0.3, -0.25) is 10.1 Å². The first kappa shape index (κ1) is 13.4. The lowest BCUT2D eigenvalue weighted by Crippen LogP contribution is -1.96. The number of hydrogen-bond acceptors (Lipinski definition) is 5. The fraction of sp³-hybridized carbons (Fsp3) is 0.0769. The van der Waals surface area contributed by atoms with Crippen molar-refractivity contribution in [3.8, 4) is 17.7 Å². The highest BCUT2D eigenvalue weighted by Crippen LogP contribution is 2.27. The Kier molecular flexibility index (Phi) is 3.57. The number of rotatable bonds is 3. The zero-order valence-corrected chi connectivity index (χ0v) is 10.3. The second kappa shape index (κ2) is 5.32. The number of hydrogen-bond donors (Lipinski definition) is 0. The first-order valence-corrected chi connectivity index (χ1v) is 5.51. The molecule has 6 nitrogen and oxygen atoms in total. The second-order valence-electron chi connectivity index (χ2n) is 3.89. The predicted molar refractivity (Wildman–Crippen MR) is 66.8 cm³/mol. The zero-order chi connectivity index (χ0) is 14.7. The topological polar surface area (TPSA) is 89.0 Å². The maximum atomic E-state index is 13.5. The summed E-state index contributed by atoms with van der Waals surface area (Å²) in [6.45, 7) is 1.71. The smallest absolute Gasteiger partial charge is 0.305 e. The van der Waals surface area contributed by atoms with Crippen molar-refractivity contribution in [2.75, 3.05) is 0 Å². The molecule has 0 bridgehead atoms. The number of nitriles is 1. The number of nitrogens with zero attached hydrogens (tertiary/aromatic N) is 3. The molecule has 1 aromatic heterocycles. The van der Waals surface area contributed by atoms with Crippen LogP contribution in [0, 0.1) is 34.2 Å². The van der Waals surface area contributed by atoms with Gasteiger partial charge in [-0.1, -0.05) is 0 Å². The highest BCUT2D eigenvalue weighted by atomic mass is 19.1. The number of halogens is 1. The van der Waals surface area contributed by atoms with Gasteiger partial charge in [0, 0.05) is 17.8 Å². The molecule has 0 fully saturated rings. The Morgan fingerprint density at radius 2 is 2.15 bits per heavy atom. The average molecular weight is 273 g/mol. The third kappa shape index (κ3) is 2.70. The molecule has 100 valence electrons. The van der Waals surface area contributed by atoms with Crippen LogP contribution in [-0.4, -0.2) is 9.91 Å². The van der Waals surface area contributed by atoms with E-state index >= 15 is 0 Å². The van der Waals surface area contributed by atoms with Crippen molar-refractivity contribution in [3.05, 3.63) is 57.5 Å². The minimum Gasteiger partial charge on any atom is -0.438 e. The molecule has 0 spiro atoms. The quantitative estimate of drug-likeness (QED) is 0.633. The van der Waals surface area contributed by atoms with Crippen LogP contribution in [0.2, 0.25) is 0 Å². The molecule has 1 heterocycles. The van der Waals surface area contributed by atoms with E-state index < -0.39 is 16.4 Å². The van der Waals surface area contributed by atoms with Crippen LogP contribution in [0.3, 0.4) is 0 Å². The van der Waals surface area contributed by atoms with E-state index in [1.807, 2.05) is 6.07 Å². The van der Waals surface area contributed by atoms with Gasteiger partial charge in [-0.05, 0) is 25.1 Å². The van der Waals surface area contributed by atoms with E-state index in [1.165, 1.54) is 12.1 Å². The van der Waals surface area contributed by atoms with Crippen LogP contribution >= 0.6 is 0 Å². The molecular formula is C13H8FN3O3. The van der Waals surface area contributed by atoms with Gasteiger partial charge < -0.3 is 4.74 Å². The number of benzene rings is 1. The molecule has 0 saturated heterocycles. The van der Waals surface area contributed by atoms with Gasteiger partial charge in [-0.2, -0.15) is 9.65 Å². The summed E-state index contributed by atoms with van der Waals surface area (Å²) in [5.74, 6) is -0.956. The van der Waals surface area contributed by atoms with E-state index in [9.17, 15) is 14.5 Å². The minimum atomic E-state index is -1.02. The molecule has 20 heavy (non-hydrogen) atoms. The summed E-state index contributed by atoms with van der Waals surface area (Å²) in [6.07, 6.45) is 0. The van der Waals surface area contributed by atoms with Gasteiger partial charge in [-0.15, -0.1) is 0 Å². The lowest BCUT2D eigenvalue weighted by molar-refractivity contribution is -0.387. The Morgan fingerprint density at radius 1 is 1.40 bits per heavy atom. The molecular weight excluding hydrogens is 265 g/mol. The molecule has 0 saturated carbocycles.